The predicted octanol–water partition coefficient (Wildman–Crippen LogP) is 4.44. The van der Waals surface area contributed by atoms with Crippen molar-refractivity contribution >= 4 is 28.9 Å². The van der Waals surface area contributed by atoms with Crippen LogP contribution in [0.5, 0.6) is 0 Å². The average molecular weight is 323 g/mol. The van der Waals surface area contributed by atoms with Crippen LogP contribution in [-0.2, 0) is 4.74 Å². The van der Waals surface area contributed by atoms with E-state index in [2.05, 4.69) is 4.74 Å². The Labute approximate surface area is 104 Å². The minimum Gasteiger partial charge on any atom is -0.361 e. The van der Waals surface area contributed by atoms with E-state index in [1.807, 2.05) is 0 Å². The molecule has 0 radical (unpaired) electrons. The van der Waals surface area contributed by atoms with Gasteiger partial charge in [-0.15, -0.1) is 22.2 Å². The third-order valence-electron chi connectivity index (χ3n) is 1.64. The van der Waals surface area contributed by atoms with Crippen LogP contribution in [0.2, 0.25) is 12.6 Å². The zero-order chi connectivity index (χ0) is 13.9. The van der Waals surface area contributed by atoms with Gasteiger partial charge in [-0.3, -0.25) is 0 Å². The molecule has 0 unspecified atom stereocenters. The molecule has 0 aliphatic heterocycles. The van der Waals surface area contributed by atoms with E-state index in [-0.39, 0.29) is 12.5 Å². The molecule has 17 heavy (non-hydrogen) atoms. The number of hydrogen-bond acceptors (Lipinski definition) is 1. The van der Waals surface area contributed by atoms with Crippen LogP contribution in [0.15, 0.2) is 0 Å². The number of alkyl halides is 6. The van der Waals surface area contributed by atoms with Crippen molar-refractivity contribution in [2.75, 3.05) is 6.61 Å². The molecule has 0 atom stereocenters. The maximum atomic E-state index is 12.0. The monoisotopic (exact) mass is 322 g/mol. The Balaban J connectivity index is 4.22. The molecule has 0 amide bonds. The van der Waals surface area contributed by atoms with Gasteiger partial charge in [0.25, 0.3) is 0 Å². The first-order valence-electron chi connectivity index (χ1n) is 4.47. The zero-order valence-corrected chi connectivity index (χ0v) is 11.1. The number of rotatable bonds is 5. The quantitative estimate of drug-likeness (QED) is 0.315. The van der Waals surface area contributed by atoms with Gasteiger partial charge in [-0.05, 0) is 19.0 Å². The van der Waals surface area contributed by atoms with Gasteiger partial charge in [-0.2, -0.15) is 26.3 Å². The number of ether oxygens (including phenoxy) is 1. The summed E-state index contributed by atoms with van der Waals surface area (Å²) >= 11 is 11.3. The molecule has 0 N–H and O–H groups in total. The first-order valence-corrected chi connectivity index (χ1v) is 9.20. The van der Waals surface area contributed by atoms with Gasteiger partial charge in [0.2, 0.25) is 12.8 Å². The lowest BCUT2D eigenvalue weighted by Crippen LogP contribution is -2.44. The third-order valence-corrected chi connectivity index (χ3v) is 4.00. The van der Waals surface area contributed by atoms with Crippen molar-refractivity contribution in [3.8, 4) is 0 Å². The van der Waals surface area contributed by atoms with Crippen molar-refractivity contribution in [3.05, 3.63) is 0 Å². The minimum absolute atomic E-state index is 0.0433. The van der Waals surface area contributed by atoms with Gasteiger partial charge < -0.3 is 4.74 Å². The Kier molecular flexibility index (Phi) is 6.10. The predicted molar refractivity (Wildman–Crippen MR) is 54.6 cm³/mol. The standard InChI is InChI=1S/C7H10Cl2F6OSi/c1-17(8,9)4-2-3-16-5(6(10,11)12)7(13,14)15/h5H,2-4H2,1H3. The summed E-state index contributed by atoms with van der Waals surface area (Å²) in [4.78, 5) is 0. The van der Waals surface area contributed by atoms with Crippen molar-refractivity contribution in [2.24, 2.45) is 0 Å². The van der Waals surface area contributed by atoms with Crippen LogP contribution in [0.4, 0.5) is 26.3 Å². The molecule has 0 spiro atoms. The minimum atomic E-state index is -5.47. The summed E-state index contributed by atoms with van der Waals surface area (Å²) in [6, 6.07) is 0.165. The SMILES string of the molecule is C[Si](Cl)(Cl)CCCOC(C(F)(F)F)C(F)(F)F. The Morgan fingerprint density at radius 2 is 1.47 bits per heavy atom. The van der Waals surface area contributed by atoms with Gasteiger partial charge >= 0.3 is 12.4 Å². The van der Waals surface area contributed by atoms with E-state index < -0.39 is 31.8 Å². The van der Waals surface area contributed by atoms with Crippen LogP contribution in [0, 0.1) is 0 Å². The first kappa shape index (κ1) is 17.3. The highest BCUT2D eigenvalue weighted by Gasteiger charge is 2.57. The molecule has 1 nitrogen and oxygen atoms in total. The van der Waals surface area contributed by atoms with E-state index in [1.165, 1.54) is 6.55 Å². The highest BCUT2D eigenvalue weighted by atomic mass is 35.7. The van der Waals surface area contributed by atoms with Gasteiger partial charge in [0.05, 0.1) is 0 Å². The fourth-order valence-corrected chi connectivity index (χ4v) is 2.53. The first-order chi connectivity index (χ1) is 7.34. The summed E-state index contributed by atoms with van der Waals surface area (Å²) in [5, 5.41) is 0. The Bertz CT molecular complexity index is 222. The molecule has 0 fully saturated rings. The fourth-order valence-electron chi connectivity index (χ4n) is 0.958. The Hall–Kier alpha value is 0.337. The Morgan fingerprint density at radius 1 is 1.06 bits per heavy atom. The summed E-state index contributed by atoms with van der Waals surface area (Å²) in [6.45, 7) is -1.69. The molecule has 0 aromatic heterocycles. The van der Waals surface area contributed by atoms with E-state index in [0.29, 0.717) is 0 Å². The molecule has 0 aliphatic rings. The van der Waals surface area contributed by atoms with Crippen LogP contribution in [0.25, 0.3) is 0 Å². The van der Waals surface area contributed by atoms with Crippen molar-refractivity contribution in [1.82, 2.24) is 0 Å². The smallest absolute Gasteiger partial charge is 0.361 e. The van der Waals surface area contributed by atoms with Crippen molar-refractivity contribution < 1.29 is 31.1 Å². The molecule has 0 aromatic rings. The molecular weight excluding hydrogens is 313 g/mol. The van der Waals surface area contributed by atoms with Gasteiger partial charge in [-0.1, -0.05) is 0 Å². The van der Waals surface area contributed by atoms with Crippen molar-refractivity contribution in [1.29, 1.82) is 0 Å². The molecule has 10 heteroatoms. The molecule has 0 saturated heterocycles. The van der Waals surface area contributed by atoms with Crippen LogP contribution < -0.4 is 0 Å². The highest BCUT2D eigenvalue weighted by Crippen LogP contribution is 2.35. The third kappa shape index (κ3) is 8.12. The number of hydrogen-bond donors (Lipinski definition) is 0. The molecule has 0 aromatic carbocycles. The second-order valence-electron chi connectivity index (χ2n) is 3.51. The van der Waals surface area contributed by atoms with Crippen LogP contribution in [0.1, 0.15) is 6.42 Å². The van der Waals surface area contributed by atoms with E-state index in [0.717, 1.165) is 0 Å². The molecule has 0 saturated carbocycles. The number of halogens is 8. The second-order valence-corrected chi connectivity index (χ2v) is 11.7. The Morgan fingerprint density at radius 3 is 1.76 bits per heavy atom. The summed E-state index contributed by atoms with van der Waals surface area (Å²) < 4.78 is 75.8. The van der Waals surface area contributed by atoms with E-state index >= 15 is 0 Å². The lowest BCUT2D eigenvalue weighted by atomic mass is 10.3. The average Bonchev–Trinajstić information content (AvgIpc) is 1.95. The van der Waals surface area contributed by atoms with E-state index in [4.69, 9.17) is 22.2 Å². The van der Waals surface area contributed by atoms with Crippen molar-refractivity contribution in [2.45, 2.75) is 37.5 Å². The summed E-state index contributed by atoms with van der Waals surface area (Å²) in [5.74, 6) is 0. The maximum Gasteiger partial charge on any atom is 0.423 e. The zero-order valence-electron chi connectivity index (χ0n) is 8.63. The van der Waals surface area contributed by atoms with Crippen molar-refractivity contribution in [3.63, 3.8) is 0 Å². The highest BCUT2D eigenvalue weighted by molar-refractivity contribution is 7.44. The summed E-state index contributed by atoms with van der Waals surface area (Å²) in [7, 11) is 0. The summed E-state index contributed by atoms with van der Waals surface area (Å²) in [5.41, 5.74) is 0. The van der Waals surface area contributed by atoms with E-state index in [1.54, 1.807) is 0 Å². The maximum absolute atomic E-state index is 12.0. The molecule has 104 valence electrons. The normalized spacial score (nSPS) is 14.5. The van der Waals surface area contributed by atoms with Crippen LogP contribution in [0.3, 0.4) is 0 Å². The van der Waals surface area contributed by atoms with Crippen LogP contribution in [-0.4, -0.2) is 31.8 Å². The van der Waals surface area contributed by atoms with Gasteiger partial charge in [0, 0.05) is 6.61 Å². The lowest BCUT2D eigenvalue weighted by Gasteiger charge is -2.23. The van der Waals surface area contributed by atoms with Crippen LogP contribution >= 0.6 is 22.2 Å². The molecular formula is C7H10Cl2F6OSi. The van der Waals surface area contributed by atoms with Gasteiger partial charge in [0.1, 0.15) is 0 Å². The fraction of sp³-hybridized carbons (Fsp3) is 1.00. The molecule has 0 bridgehead atoms. The largest absolute Gasteiger partial charge is 0.423 e. The topological polar surface area (TPSA) is 9.23 Å². The van der Waals surface area contributed by atoms with Gasteiger partial charge in [-0.25, -0.2) is 0 Å². The second kappa shape index (κ2) is 5.99. The molecule has 0 aliphatic carbocycles. The van der Waals surface area contributed by atoms with E-state index in [9.17, 15) is 26.3 Å². The molecule has 0 rings (SSSR count). The summed E-state index contributed by atoms with van der Waals surface area (Å²) in [6.07, 6.45) is -14.7. The molecule has 0 heterocycles. The van der Waals surface area contributed by atoms with Gasteiger partial charge in [0.15, 0.2) is 0 Å². The lowest BCUT2D eigenvalue weighted by molar-refractivity contribution is -0.321.